The molecule has 0 aromatic carbocycles. The molecule has 3 saturated heterocycles. The van der Waals surface area contributed by atoms with Crippen molar-refractivity contribution in [2.45, 2.75) is 35.2 Å². The number of hydrogen-bond acceptors (Lipinski definition) is 6. The lowest BCUT2D eigenvalue weighted by Crippen LogP contribution is -2.57. The van der Waals surface area contributed by atoms with Crippen LogP contribution in [-0.2, 0) is 0 Å². The smallest absolute Gasteiger partial charge is 0.261 e. The van der Waals surface area contributed by atoms with E-state index in [1.807, 2.05) is 19.1 Å². The van der Waals surface area contributed by atoms with Gasteiger partial charge in [0.1, 0.15) is 6.26 Å². The molecule has 2 aromatic heterocycles. The Morgan fingerprint density at radius 2 is 2.26 bits per heavy atom. The highest BCUT2D eigenvalue weighted by Crippen LogP contribution is 2.33. The lowest BCUT2D eigenvalue weighted by molar-refractivity contribution is 0.0622. The number of hydrogen-bond donors (Lipinski definition) is 1. The van der Waals surface area contributed by atoms with Gasteiger partial charge in [0, 0.05) is 12.6 Å². The number of aryl methyl sites for hydroxylation is 1. The average molecular weight is 349 g/mol. The summed E-state index contributed by atoms with van der Waals surface area (Å²) in [5, 5.41) is 3.85. The molecule has 0 spiro atoms. The molecule has 23 heavy (non-hydrogen) atoms. The van der Waals surface area contributed by atoms with E-state index < -0.39 is 0 Å². The van der Waals surface area contributed by atoms with Crippen molar-refractivity contribution in [3.63, 3.8) is 0 Å². The summed E-state index contributed by atoms with van der Waals surface area (Å²) < 4.78 is 6.36. The first kappa shape index (κ1) is 15.2. The Morgan fingerprint density at radius 1 is 1.43 bits per heavy atom. The molecule has 5 nitrogen and oxygen atoms in total. The summed E-state index contributed by atoms with van der Waals surface area (Å²) in [4.78, 5) is 20.0. The maximum absolute atomic E-state index is 12.5. The topological polar surface area (TPSA) is 58.4 Å². The van der Waals surface area contributed by atoms with Crippen molar-refractivity contribution in [3.8, 4) is 0 Å². The highest BCUT2D eigenvalue weighted by molar-refractivity contribution is 8.01. The van der Waals surface area contributed by atoms with Crippen LogP contribution in [0, 0.1) is 12.8 Å². The van der Waals surface area contributed by atoms with Gasteiger partial charge < -0.3 is 14.6 Å². The van der Waals surface area contributed by atoms with Gasteiger partial charge in [-0.25, -0.2) is 4.98 Å². The number of carbonyl (C=O) groups is 1. The fourth-order valence-corrected chi connectivity index (χ4v) is 5.21. The number of nitrogens with one attached hydrogen (secondary N) is 1. The number of amides is 1. The molecule has 0 radical (unpaired) electrons. The number of rotatable bonds is 4. The summed E-state index contributed by atoms with van der Waals surface area (Å²) in [6.45, 7) is 5.27. The summed E-state index contributed by atoms with van der Waals surface area (Å²) in [5.74, 6) is 0.692. The summed E-state index contributed by atoms with van der Waals surface area (Å²) in [7, 11) is 0. The molecule has 2 bridgehead atoms. The van der Waals surface area contributed by atoms with Gasteiger partial charge in [0.2, 0.25) is 0 Å². The van der Waals surface area contributed by atoms with Crippen LogP contribution in [0.3, 0.4) is 0 Å². The highest BCUT2D eigenvalue weighted by atomic mass is 32.2. The van der Waals surface area contributed by atoms with E-state index in [9.17, 15) is 4.79 Å². The molecule has 0 unspecified atom stereocenters. The maximum Gasteiger partial charge on any atom is 0.261 e. The molecule has 122 valence electrons. The van der Waals surface area contributed by atoms with Crippen LogP contribution in [0.2, 0.25) is 0 Å². The number of aromatic nitrogens is 1. The van der Waals surface area contributed by atoms with Crippen molar-refractivity contribution in [1.82, 2.24) is 15.2 Å². The van der Waals surface area contributed by atoms with E-state index in [0.717, 1.165) is 21.3 Å². The molecule has 3 aliphatic rings. The normalized spacial score (nSPS) is 26.4. The molecule has 5 heterocycles. The van der Waals surface area contributed by atoms with Gasteiger partial charge in [0.25, 0.3) is 11.1 Å². The standard InChI is InChI=1S/C16H19N3O2S2/c1-10-9-21-16(17-10)23-14-3-2-13(22-14)15(20)18-12-8-19-6-4-11(12)5-7-19/h2-3,9,11-12H,4-8H2,1H3,(H,18,20)/t12-/m0/s1. The third kappa shape index (κ3) is 3.32. The lowest BCUT2D eigenvalue weighted by Gasteiger charge is -2.44. The zero-order valence-electron chi connectivity index (χ0n) is 12.9. The number of oxazole rings is 1. The van der Waals surface area contributed by atoms with Gasteiger partial charge in [-0.15, -0.1) is 11.3 Å². The Hall–Kier alpha value is -1.31. The summed E-state index contributed by atoms with van der Waals surface area (Å²) >= 11 is 2.95. The van der Waals surface area contributed by atoms with Gasteiger partial charge in [-0.05, 0) is 62.7 Å². The Labute approximate surface area is 143 Å². The minimum atomic E-state index is 0.0455. The molecule has 0 aliphatic carbocycles. The van der Waals surface area contributed by atoms with Gasteiger partial charge in [-0.1, -0.05) is 0 Å². The van der Waals surface area contributed by atoms with Gasteiger partial charge in [-0.2, -0.15) is 0 Å². The van der Waals surface area contributed by atoms with Crippen molar-refractivity contribution in [3.05, 3.63) is 29.0 Å². The quantitative estimate of drug-likeness (QED) is 0.919. The molecule has 3 fully saturated rings. The number of piperidine rings is 3. The predicted octanol–water partition coefficient (Wildman–Crippen LogP) is 3.02. The lowest BCUT2D eigenvalue weighted by atomic mass is 9.84. The van der Waals surface area contributed by atoms with Crippen LogP contribution >= 0.6 is 23.1 Å². The third-order valence-corrected chi connectivity index (χ3v) is 6.64. The SMILES string of the molecule is Cc1coc(Sc2ccc(C(=O)N[C@H]3CN4CCC3CC4)s2)n1. The fraction of sp³-hybridized carbons (Fsp3) is 0.500. The minimum absolute atomic E-state index is 0.0455. The second-order valence-corrected chi connectivity index (χ2v) is 8.53. The van der Waals surface area contributed by atoms with Gasteiger partial charge in [0.15, 0.2) is 0 Å². The Balaban J connectivity index is 1.39. The van der Waals surface area contributed by atoms with E-state index in [2.05, 4.69) is 15.2 Å². The van der Waals surface area contributed by atoms with Crippen LogP contribution in [0.1, 0.15) is 28.2 Å². The molecule has 7 heteroatoms. The first-order valence-corrected chi connectivity index (χ1v) is 9.54. The Bertz CT molecular complexity index is 704. The molecule has 1 amide bonds. The number of carbonyl (C=O) groups excluding carboxylic acids is 1. The molecule has 1 atom stereocenters. The maximum atomic E-state index is 12.5. The van der Waals surface area contributed by atoms with E-state index in [1.54, 1.807) is 6.26 Å². The van der Waals surface area contributed by atoms with Crippen molar-refractivity contribution in [2.24, 2.45) is 5.92 Å². The Kier molecular flexibility index (Phi) is 4.17. The molecule has 5 rings (SSSR count). The summed E-state index contributed by atoms with van der Waals surface area (Å²) in [6.07, 6.45) is 4.05. The predicted molar refractivity (Wildman–Crippen MR) is 90.1 cm³/mol. The molecule has 3 aliphatic heterocycles. The summed E-state index contributed by atoms with van der Waals surface area (Å²) in [6, 6.07) is 4.15. The minimum Gasteiger partial charge on any atom is -0.439 e. The first-order valence-electron chi connectivity index (χ1n) is 7.90. The number of fused-ring (bicyclic) bond motifs is 3. The van der Waals surface area contributed by atoms with Crippen LogP contribution < -0.4 is 5.32 Å². The fourth-order valence-electron chi connectivity index (χ4n) is 3.33. The third-order valence-electron chi connectivity index (χ3n) is 4.56. The zero-order valence-corrected chi connectivity index (χ0v) is 14.6. The van der Waals surface area contributed by atoms with Gasteiger partial charge in [0.05, 0.1) is 14.8 Å². The van der Waals surface area contributed by atoms with Crippen molar-refractivity contribution < 1.29 is 9.21 Å². The van der Waals surface area contributed by atoms with Crippen LogP contribution in [0.15, 0.2) is 32.2 Å². The number of thiophene rings is 1. The van der Waals surface area contributed by atoms with Crippen molar-refractivity contribution >= 4 is 29.0 Å². The summed E-state index contributed by atoms with van der Waals surface area (Å²) in [5.41, 5.74) is 0.865. The molecular weight excluding hydrogens is 330 g/mol. The highest BCUT2D eigenvalue weighted by Gasteiger charge is 2.35. The first-order chi connectivity index (χ1) is 11.2. The van der Waals surface area contributed by atoms with E-state index in [4.69, 9.17) is 4.42 Å². The van der Waals surface area contributed by atoms with E-state index >= 15 is 0 Å². The molecule has 0 saturated carbocycles. The zero-order chi connectivity index (χ0) is 15.8. The molecule has 1 N–H and O–H groups in total. The van der Waals surface area contributed by atoms with Crippen LogP contribution in [0.4, 0.5) is 0 Å². The van der Waals surface area contributed by atoms with Crippen LogP contribution in [0.5, 0.6) is 0 Å². The van der Waals surface area contributed by atoms with Crippen LogP contribution in [0.25, 0.3) is 0 Å². The second kappa shape index (κ2) is 6.30. The largest absolute Gasteiger partial charge is 0.439 e. The van der Waals surface area contributed by atoms with Crippen LogP contribution in [-0.4, -0.2) is 41.5 Å². The Morgan fingerprint density at radius 3 is 2.91 bits per heavy atom. The van der Waals surface area contributed by atoms with Gasteiger partial charge >= 0.3 is 0 Å². The van der Waals surface area contributed by atoms with E-state index in [1.165, 1.54) is 49.0 Å². The monoisotopic (exact) mass is 349 g/mol. The van der Waals surface area contributed by atoms with Gasteiger partial charge in [-0.3, -0.25) is 4.79 Å². The number of nitrogens with zero attached hydrogens (tertiary/aromatic N) is 2. The average Bonchev–Trinajstić information content (AvgIpc) is 3.18. The second-order valence-electron chi connectivity index (χ2n) is 6.19. The van der Waals surface area contributed by atoms with Crippen molar-refractivity contribution in [2.75, 3.05) is 19.6 Å². The van der Waals surface area contributed by atoms with E-state index in [-0.39, 0.29) is 5.91 Å². The van der Waals surface area contributed by atoms with E-state index in [0.29, 0.717) is 17.2 Å². The van der Waals surface area contributed by atoms with Crippen molar-refractivity contribution in [1.29, 1.82) is 0 Å². The molecular formula is C16H19N3O2S2. The molecule has 2 aromatic rings.